The second kappa shape index (κ2) is 7.80. The molecule has 4 nitrogen and oxygen atoms in total. The van der Waals surface area contributed by atoms with Crippen LogP contribution in [0.3, 0.4) is 0 Å². The van der Waals surface area contributed by atoms with Gasteiger partial charge in [0, 0.05) is 16.6 Å². The Hall–Kier alpha value is -2.58. The van der Waals surface area contributed by atoms with Crippen LogP contribution in [0.5, 0.6) is 5.75 Å². The maximum absolute atomic E-state index is 5.13. The van der Waals surface area contributed by atoms with E-state index in [4.69, 9.17) is 4.74 Å². The lowest BCUT2D eigenvalue weighted by molar-refractivity contribution is 0.415. The molecule has 0 aliphatic heterocycles. The Labute approximate surface area is 149 Å². The normalized spacial score (nSPS) is 10.1. The van der Waals surface area contributed by atoms with E-state index in [1.807, 2.05) is 53.3 Å². The second-order valence-electron chi connectivity index (χ2n) is 5.19. The molecule has 0 N–H and O–H groups in total. The Morgan fingerprint density at radius 3 is 2.62 bits per heavy atom. The van der Waals surface area contributed by atoms with E-state index in [-0.39, 0.29) is 0 Å². The molecular weight excluding hydrogens is 366 g/mol. The zero-order chi connectivity index (χ0) is 16.8. The lowest BCUT2D eigenvalue weighted by Gasteiger charge is -2.03. The highest BCUT2D eigenvalue weighted by Crippen LogP contribution is 2.16. The number of hydrogen-bond donors (Lipinski definition) is 0. The van der Waals surface area contributed by atoms with Crippen molar-refractivity contribution in [3.05, 3.63) is 76.0 Å². The van der Waals surface area contributed by atoms with Gasteiger partial charge in [-0.2, -0.15) is 0 Å². The Kier molecular flexibility index (Phi) is 5.29. The average molecular weight is 382 g/mol. The van der Waals surface area contributed by atoms with Gasteiger partial charge >= 0.3 is 0 Å². The zero-order valence-electron chi connectivity index (χ0n) is 13.2. The summed E-state index contributed by atoms with van der Waals surface area (Å²) < 4.78 is 8.06. The minimum atomic E-state index is 0.665. The van der Waals surface area contributed by atoms with Crippen molar-refractivity contribution in [2.75, 3.05) is 7.11 Å². The van der Waals surface area contributed by atoms with Gasteiger partial charge in [0.2, 0.25) is 0 Å². The van der Waals surface area contributed by atoms with E-state index in [0.29, 0.717) is 5.69 Å². The second-order valence-corrected chi connectivity index (χ2v) is 6.04. The summed E-state index contributed by atoms with van der Waals surface area (Å²) in [7, 11) is 1.65. The summed E-state index contributed by atoms with van der Waals surface area (Å²) >= 11 is 3.56. The van der Waals surface area contributed by atoms with Gasteiger partial charge < -0.3 is 4.74 Å². The van der Waals surface area contributed by atoms with Crippen LogP contribution in [0.25, 0.3) is 0 Å². The summed E-state index contributed by atoms with van der Waals surface area (Å²) in [5.41, 5.74) is 2.83. The van der Waals surface area contributed by atoms with E-state index >= 15 is 0 Å². The molecule has 2 aromatic carbocycles. The maximum atomic E-state index is 5.13. The highest BCUT2D eigenvalue weighted by atomic mass is 79.9. The quantitative estimate of drug-likeness (QED) is 0.647. The molecule has 3 rings (SSSR count). The summed E-state index contributed by atoms with van der Waals surface area (Å²) in [4.78, 5) is 0. The van der Waals surface area contributed by atoms with Crippen LogP contribution in [0, 0.1) is 11.8 Å². The summed E-state index contributed by atoms with van der Waals surface area (Å²) in [6.07, 6.45) is 2.75. The van der Waals surface area contributed by atoms with E-state index in [1.165, 1.54) is 5.56 Å². The molecule has 0 unspecified atom stereocenters. The Bertz CT molecular complexity index is 875. The van der Waals surface area contributed by atoms with Crippen LogP contribution in [0.2, 0.25) is 0 Å². The molecular formula is C19H16BrN3O. The number of hydrogen-bond acceptors (Lipinski definition) is 3. The first-order valence-electron chi connectivity index (χ1n) is 7.54. The van der Waals surface area contributed by atoms with E-state index in [1.54, 1.807) is 7.11 Å². The summed E-state index contributed by atoms with van der Waals surface area (Å²) in [6, 6.07) is 15.8. The molecule has 1 aromatic heterocycles. The number of aryl methyl sites for hydroxylation is 2. The molecule has 120 valence electrons. The van der Waals surface area contributed by atoms with E-state index in [2.05, 4.69) is 44.1 Å². The number of ether oxygens (including phenoxy) is 1. The first-order chi connectivity index (χ1) is 11.7. The molecule has 0 amide bonds. The van der Waals surface area contributed by atoms with Crippen molar-refractivity contribution in [3.63, 3.8) is 0 Å². The minimum absolute atomic E-state index is 0.665. The summed E-state index contributed by atoms with van der Waals surface area (Å²) in [5.74, 6) is 6.93. The average Bonchev–Trinajstić information content (AvgIpc) is 3.08. The molecule has 0 fully saturated rings. The first-order valence-corrected chi connectivity index (χ1v) is 8.33. The van der Waals surface area contributed by atoms with Gasteiger partial charge in [0.15, 0.2) is 5.69 Å². The van der Waals surface area contributed by atoms with Crippen molar-refractivity contribution in [1.82, 2.24) is 15.0 Å². The molecule has 24 heavy (non-hydrogen) atoms. The fraction of sp³-hybridized carbons (Fsp3) is 0.158. The number of nitrogens with zero attached hydrogens (tertiary/aromatic N) is 3. The van der Waals surface area contributed by atoms with Crippen molar-refractivity contribution in [1.29, 1.82) is 0 Å². The Balaban J connectivity index is 1.63. The summed E-state index contributed by atoms with van der Waals surface area (Å²) in [6.45, 7) is 0.764. The highest BCUT2D eigenvalue weighted by Gasteiger charge is 2.01. The van der Waals surface area contributed by atoms with Crippen LogP contribution in [-0.2, 0) is 13.0 Å². The monoisotopic (exact) mass is 381 g/mol. The van der Waals surface area contributed by atoms with Gasteiger partial charge in [0.25, 0.3) is 0 Å². The van der Waals surface area contributed by atoms with Gasteiger partial charge in [-0.3, -0.25) is 4.68 Å². The lowest BCUT2D eigenvalue weighted by Crippen LogP contribution is -2.02. The molecule has 0 radical (unpaired) electrons. The molecule has 0 saturated carbocycles. The first kappa shape index (κ1) is 16.3. The van der Waals surface area contributed by atoms with E-state index in [9.17, 15) is 0 Å². The third-order valence-corrected chi connectivity index (χ3v) is 4.31. The van der Waals surface area contributed by atoms with E-state index in [0.717, 1.165) is 28.8 Å². The van der Waals surface area contributed by atoms with Crippen molar-refractivity contribution < 1.29 is 4.74 Å². The van der Waals surface area contributed by atoms with Gasteiger partial charge in [-0.25, -0.2) is 0 Å². The van der Waals surface area contributed by atoms with Crippen molar-refractivity contribution in [2.24, 2.45) is 0 Å². The topological polar surface area (TPSA) is 39.9 Å². The number of benzene rings is 2. The molecule has 5 heteroatoms. The standard InChI is InChI=1S/C19H16BrN3O/c1-24-18-10-7-15(8-11-18)6-9-17-14-23(22-21-17)13-12-16-4-2-3-5-19(16)20/h2-5,7-8,10-11,14H,12-13H2,1H3. The number of methoxy groups -OCH3 is 1. The lowest BCUT2D eigenvalue weighted by atomic mass is 10.1. The van der Waals surface area contributed by atoms with Gasteiger partial charge in [-0.1, -0.05) is 45.3 Å². The third-order valence-electron chi connectivity index (χ3n) is 3.53. The molecule has 0 atom stereocenters. The van der Waals surface area contributed by atoms with Crippen LogP contribution < -0.4 is 4.74 Å². The summed E-state index contributed by atoms with van der Waals surface area (Å²) in [5, 5.41) is 8.23. The molecule has 0 bridgehead atoms. The van der Waals surface area contributed by atoms with Gasteiger partial charge in [-0.15, -0.1) is 5.10 Å². The largest absolute Gasteiger partial charge is 0.497 e. The maximum Gasteiger partial charge on any atom is 0.155 e. The van der Waals surface area contributed by atoms with Gasteiger partial charge in [0.05, 0.1) is 13.3 Å². The smallest absolute Gasteiger partial charge is 0.155 e. The predicted octanol–water partition coefficient (Wildman–Crippen LogP) is 3.69. The van der Waals surface area contributed by atoms with Crippen LogP contribution in [0.1, 0.15) is 16.8 Å². The molecule has 0 aliphatic carbocycles. The SMILES string of the molecule is COc1ccc(C#Cc2cn(CCc3ccccc3Br)nn2)cc1. The van der Waals surface area contributed by atoms with Crippen molar-refractivity contribution in [2.45, 2.75) is 13.0 Å². The molecule has 3 aromatic rings. The van der Waals surface area contributed by atoms with Crippen LogP contribution >= 0.6 is 15.9 Å². The predicted molar refractivity (Wildman–Crippen MR) is 96.8 cm³/mol. The van der Waals surface area contributed by atoms with Crippen molar-refractivity contribution >= 4 is 15.9 Å². The fourth-order valence-electron chi connectivity index (χ4n) is 2.21. The van der Waals surface area contributed by atoms with Crippen LogP contribution in [0.15, 0.2) is 59.2 Å². The Morgan fingerprint density at radius 2 is 1.88 bits per heavy atom. The molecule has 0 aliphatic rings. The molecule has 0 spiro atoms. The van der Waals surface area contributed by atoms with Gasteiger partial charge in [-0.05, 0) is 48.2 Å². The fourth-order valence-corrected chi connectivity index (χ4v) is 2.69. The van der Waals surface area contributed by atoms with Gasteiger partial charge in [0.1, 0.15) is 5.75 Å². The minimum Gasteiger partial charge on any atom is -0.497 e. The number of halogens is 1. The third kappa shape index (κ3) is 4.24. The highest BCUT2D eigenvalue weighted by molar-refractivity contribution is 9.10. The van der Waals surface area contributed by atoms with Crippen LogP contribution in [-0.4, -0.2) is 22.1 Å². The van der Waals surface area contributed by atoms with Crippen LogP contribution in [0.4, 0.5) is 0 Å². The Morgan fingerprint density at radius 1 is 1.08 bits per heavy atom. The van der Waals surface area contributed by atoms with E-state index < -0.39 is 0 Å². The zero-order valence-corrected chi connectivity index (χ0v) is 14.8. The molecule has 1 heterocycles. The number of rotatable bonds is 4. The van der Waals surface area contributed by atoms with Crippen molar-refractivity contribution in [3.8, 4) is 17.6 Å². The molecule has 0 saturated heterocycles. The number of aromatic nitrogens is 3.